The molecule has 0 aliphatic rings. The highest BCUT2D eigenvalue weighted by Crippen LogP contribution is 2.00. The minimum absolute atomic E-state index is 0.00792. The first-order valence-electron chi connectivity index (χ1n) is 3.35. The summed E-state index contributed by atoms with van der Waals surface area (Å²) in [4.78, 5) is 0. The van der Waals surface area contributed by atoms with Crippen LogP contribution in [0.2, 0.25) is 0 Å². The second-order valence-corrected chi connectivity index (χ2v) is 2.08. The molecule has 62 valence electrons. The van der Waals surface area contributed by atoms with E-state index >= 15 is 0 Å². The molecule has 0 bridgehead atoms. The fourth-order valence-electron chi connectivity index (χ4n) is 0.575. The molecule has 4 nitrogen and oxygen atoms in total. The molecule has 0 aromatic heterocycles. The summed E-state index contributed by atoms with van der Waals surface area (Å²) in [6.45, 7) is 4.24. The molecule has 0 saturated carbocycles. The van der Waals surface area contributed by atoms with Crippen molar-refractivity contribution in [2.45, 2.75) is 26.1 Å². The average Bonchev–Trinajstić information content (AvgIpc) is 1.89. The molecule has 0 aromatic rings. The Kier molecular flexibility index (Phi) is 5.52. The SMILES string of the molecule is CC(OCN)C(C)OCN. The van der Waals surface area contributed by atoms with E-state index < -0.39 is 0 Å². The van der Waals surface area contributed by atoms with Gasteiger partial charge in [-0.2, -0.15) is 0 Å². The molecular weight excluding hydrogens is 132 g/mol. The summed E-state index contributed by atoms with van der Waals surface area (Å²) in [5.41, 5.74) is 10.3. The number of hydrogen-bond donors (Lipinski definition) is 2. The predicted molar refractivity (Wildman–Crippen MR) is 39.2 cm³/mol. The third-order valence-electron chi connectivity index (χ3n) is 1.38. The third-order valence-corrected chi connectivity index (χ3v) is 1.38. The predicted octanol–water partition coefficient (Wildman–Crippen LogP) is -0.371. The van der Waals surface area contributed by atoms with Crippen LogP contribution < -0.4 is 11.5 Å². The van der Waals surface area contributed by atoms with E-state index in [9.17, 15) is 0 Å². The summed E-state index contributed by atoms with van der Waals surface area (Å²) >= 11 is 0. The number of hydrogen-bond acceptors (Lipinski definition) is 4. The molecule has 0 fully saturated rings. The van der Waals surface area contributed by atoms with Crippen molar-refractivity contribution in [3.05, 3.63) is 0 Å². The zero-order chi connectivity index (χ0) is 7.98. The summed E-state index contributed by atoms with van der Waals surface area (Å²) in [7, 11) is 0. The lowest BCUT2D eigenvalue weighted by atomic mass is 10.2. The topological polar surface area (TPSA) is 70.5 Å². The Labute approximate surface area is 61.5 Å². The van der Waals surface area contributed by atoms with Gasteiger partial charge in [0.1, 0.15) is 0 Å². The molecule has 10 heavy (non-hydrogen) atoms. The van der Waals surface area contributed by atoms with Gasteiger partial charge in [-0.3, -0.25) is 0 Å². The number of ether oxygens (including phenoxy) is 2. The highest BCUT2D eigenvalue weighted by atomic mass is 16.5. The molecule has 0 heterocycles. The quantitative estimate of drug-likeness (QED) is 0.522. The molecule has 0 aliphatic carbocycles. The maximum Gasteiger partial charge on any atom is 0.0945 e. The molecule has 2 unspecified atom stereocenters. The van der Waals surface area contributed by atoms with E-state index in [2.05, 4.69) is 0 Å². The highest BCUT2D eigenvalue weighted by Gasteiger charge is 2.10. The van der Waals surface area contributed by atoms with E-state index in [-0.39, 0.29) is 25.7 Å². The molecule has 0 aromatic carbocycles. The minimum Gasteiger partial charge on any atom is -0.361 e. The molecule has 0 amide bonds. The lowest BCUT2D eigenvalue weighted by Gasteiger charge is -2.18. The van der Waals surface area contributed by atoms with Gasteiger partial charge in [0.05, 0.1) is 25.7 Å². The summed E-state index contributed by atoms with van der Waals surface area (Å²) in [5, 5.41) is 0. The van der Waals surface area contributed by atoms with Crippen LogP contribution in [0.15, 0.2) is 0 Å². The van der Waals surface area contributed by atoms with E-state index in [0.717, 1.165) is 0 Å². The van der Waals surface area contributed by atoms with Crippen LogP contribution in [0.3, 0.4) is 0 Å². The van der Waals surface area contributed by atoms with Gasteiger partial charge in [-0.1, -0.05) is 0 Å². The van der Waals surface area contributed by atoms with E-state index in [0.29, 0.717) is 0 Å². The van der Waals surface area contributed by atoms with Crippen molar-refractivity contribution in [3.63, 3.8) is 0 Å². The summed E-state index contributed by atoms with van der Waals surface area (Å²) in [6, 6.07) is 0. The summed E-state index contributed by atoms with van der Waals surface area (Å²) in [6.07, 6.45) is 0.0158. The second-order valence-electron chi connectivity index (χ2n) is 2.08. The lowest BCUT2D eigenvalue weighted by Crippen LogP contribution is -2.30. The van der Waals surface area contributed by atoms with Crippen LogP contribution in [0.25, 0.3) is 0 Å². The molecule has 0 rings (SSSR count). The van der Waals surface area contributed by atoms with Crippen molar-refractivity contribution in [2.24, 2.45) is 11.5 Å². The Bertz CT molecular complexity index is 70.1. The Morgan fingerprint density at radius 3 is 1.50 bits per heavy atom. The first kappa shape index (κ1) is 9.84. The normalized spacial score (nSPS) is 16.8. The lowest BCUT2D eigenvalue weighted by molar-refractivity contribution is -0.0528. The zero-order valence-electron chi connectivity index (χ0n) is 6.54. The first-order valence-corrected chi connectivity index (χ1v) is 3.35. The van der Waals surface area contributed by atoms with Crippen LogP contribution in [0, 0.1) is 0 Å². The maximum absolute atomic E-state index is 5.15. The van der Waals surface area contributed by atoms with E-state index in [4.69, 9.17) is 20.9 Å². The van der Waals surface area contributed by atoms with Crippen molar-refractivity contribution in [1.82, 2.24) is 0 Å². The van der Waals surface area contributed by atoms with Crippen molar-refractivity contribution >= 4 is 0 Å². The summed E-state index contributed by atoms with van der Waals surface area (Å²) < 4.78 is 10.1. The van der Waals surface area contributed by atoms with Crippen LogP contribution >= 0.6 is 0 Å². The van der Waals surface area contributed by atoms with Gasteiger partial charge in [-0.05, 0) is 13.8 Å². The van der Waals surface area contributed by atoms with Crippen molar-refractivity contribution < 1.29 is 9.47 Å². The van der Waals surface area contributed by atoms with Gasteiger partial charge in [0.15, 0.2) is 0 Å². The highest BCUT2D eigenvalue weighted by molar-refractivity contribution is 4.58. The third kappa shape index (κ3) is 3.79. The van der Waals surface area contributed by atoms with Crippen molar-refractivity contribution in [3.8, 4) is 0 Å². The van der Waals surface area contributed by atoms with Gasteiger partial charge in [-0.25, -0.2) is 0 Å². The largest absolute Gasteiger partial charge is 0.361 e. The van der Waals surface area contributed by atoms with Gasteiger partial charge in [0.25, 0.3) is 0 Å². The van der Waals surface area contributed by atoms with Gasteiger partial charge in [-0.15, -0.1) is 0 Å². The van der Waals surface area contributed by atoms with Crippen molar-refractivity contribution in [1.29, 1.82) is 0 Å². The van der Waals surface area contributed by atoms with Gasteiger partial charge in [0.2, 0.25) is 0 Å². The molecule has 4 heteroatoms. The van der Waals surface area contributed by atoms with Crippen LogP contribution in [0.5, 0.6) is 0 Å². The Balaban J connectivity index is 3.38. The van der Waals surface area contributed by atoms with Gasteiger partial charge in [0, 0.05) is 0 Å². The van der Waals surface area contributed by atoms with Gasteiger partial charge < -0.3 is 20.9 Å². The second kappa shape index (κ2) is 5.61. The molecule has 0 saturated heterocycles. The molecule has 0 spiro atoms. The monoisotopic (exact) mass is 148 g/mol. The summed E-state index contributed by atoms with van der Waals surface area (Å²) in [5.74, 6) is 0. The van der Waals surface area contributed by atoms with Crippen molar-refractivity contribution in [2.75, 3.05) is 13.5 Å². The molecule has 0 radical (unpaired) electrons. The molecular formula is C6H16N2O2. The number of nitrogens with two attached hydrogens (primary N) is 2. The fraction of sp³-hybridized carbons (Fsp3) is 1.00. The van der Waals surface area contributed by atoms with E-state index in [1.165, 1.54) is 0 Å². The van der Waals surface area contributed by atoms with Crippen LogP contribution in [0.1, 0.15) is 13.8 Å². The molecule has 2 atom stereocenters. The van der Waals surface area contributed by atoms with Crippen LogP contribution in [-0.4, -0.2) is 25.7 Å². The average molecular weight is 148 g/mol. The maximum atomic E-state index is 5.15. The fourth-order valence-corrected chi connectivity index (χ4v) is 0.575. The van der Waals surface area contributed by atoms with E-state index in [1.54, 1.807) is 0 Å². The van der Waals surface area contributed by atoms with Crippen LogP contribution in [0.4, 0.5) is 0 Å². The zero-order valence-corrected chi connectivity index (χ0v) is 6.54. The number of rotatable bonds is 5. The molecule has 4 N–H and O–H groups in total. The minimum atomic E-state index is 0.00792. The Morgan fingerprint density at radius 1 is 1.00 bits per heavy atom. The van der Waals surface area contributed by atoms with Crippen LogP contribution in [-0.2, 0) is 9.47 Å². The smallest absolute Gasteiger partial charge is 0.0945 e. The Morgan fingerprint density at radius 2 is 1.30 bits per heavy atom. The standard InChI is InChI=1S/C6H16N2O2/c1-5(9-3-7)6(2)10-4-8/h5-6H,3-4,7-8H2,1-2H3. The Hall–Kier alpha value is -0.160. The first-order chi connectivity index (χ1) is 4.72. The molecule has 0 aliphatic heterocycles. The van der Waals surface area contributed by atoms with Gasteiger partial charge >= 0.3 is 0 Å². The van der Waals surface area contributed by atoms with E-state index in [1.807, 2.05) is 13.8 Å².